The minimum absolute atomic E-state index is 0.201. The van der Waals surface area contributed by atoms with Gasteiger partial charge in [-0.25, -0.2) is 0 Å². The molecule has 3 nitrogen and oxygen atoms in total. The van der Waals surface area contributed by atoms with Crippen molar-refractivity contribution in [3.05, 3.63) is 217 Å². The van der Waals surface area contributed by atoms with Crippen LogP contribution in [0, 0.1) is 0 Å². The van der Waals surface area contributed by atoms with Crippen molar-refractivity contribution in [2.24, 2.45) is 0 Å². The third-order valence-electron chi connectivity index (χ3n) is 12.8. The molecule has 9 aromatic carbocycles. The van der Waals surface area contributed by atoms with E-state index in [1.54, 1.807) is 0 Å². The summed E-state index contributed by atoms with van der Waals surface area (Å²) in [5.41, 5.74) is 18.3. The lowest BCUT2D eigenvalue weighted by Crippen LogP contribution is -2.16. The summed E-state index contributed by atoms with van der Waals surface area (Å²) >= 11 is 0. The number of nitrogens with zero attached hydrogens (tertiary/aromatic N) is 2. The van der Waals surface area contributed by atoms with Gasteiger partial charge in [0, 0.05) is 44.0 Å². The maximum absolute atomic E-state index is 6.73. The van der Waals surface area contributed by atoms with Crippen LogP contribution in [-0.2, 0) is 5.41 Å². The number of para-hydroxylation sites is 2. The van der Waals surface area contributed by atoms with E-state index in [2.05, 4.69) is 224 Å². The molecule has 0 N–H and O–H groups in total. The van der Waals surface area contributed by atoms with Crippen LogP contribution in [-0.4, -0.2) is 4.57 Å². The van der Waals surface area contributed by atoms with Crippen LogP contribution >= 0.6 is 0 Å². The molecule has 0 saturated carbocycles. The fourth-order valence-electron chi connectivity index (χ4n) is 9.96. The number of anilines is 3. The van der Waals surface area contributed by atoms with Gasteiger partial charge in [0.05, 0.1) is 16.7 Å². The Kier molecular flexibility index (Phi) is 7.58. The zero-order chi connectivity index (χ0) is 40.0. The summed E-state index contributed by atoms with van der Waals surface area (Å²) in [5.74, 6) is 0. The summed E-state index contributed by atoms with van der Waals surface area (Å²) in [6, 6.07) is 74.7. The van der Waals surface area contributed by atoms with Gasteiger partial charge < -0.3 is 13.9 Å². The fraction of sp³-hybridized carbons (Fsp3) is 0.0526. The molecule has 60 heavy (non-hydrogen) atoms. The summed E-state index contributed by atoms with van der Waals surface area (Å²) in [6.45, 7) is 4.77. The molecule has 0 radical (unpaired) electrons. The van der Waals surface area contributed by atoms with Crippen molar-refractivity contribution in [2.45, 2.75) is 19.3 Å². The van der Waals surface area contributed by atoms with Gasteiger partial charge in [-0.15, -0.1) is 0 Å². The molecule has 0 aliphatic heterocycles. The van der Waals surface area contributed by atoms with E-state index in [0.29, 0.717) is 0 Å². The first-order valence-corrected chi connectivity index (χ1v) is 20.8. The van der Waals surface area contributed by atoms with Crippen LogP contribution in [0.1, 0.15) is 25.0 Å². The lowest BCUT2D eigenvalue weighted by Gasteiger charge is -2.26. The topological polar surface area (TPSA) is 21.3 Å². The van der Waals surface area contributed by atoms with Gasteiger partial charge in [0.25, 0.3) is 0 Å². The summed E-state index contributed by atoms with van der Waals surface area (Å²) in [5, 5.41) is 4.68. The van der Waals surface area contributed by atoms with Crippen LogP contribution in [0.2, 0.25) is 0 Å². The van der Waals surface area contributed by atoms with E-state index in [-0.39, 0.29) is 5.41 Å². The van der Waals surface area contributed by atoms with Crippen molar-refractivity contribution in [3.8, 4) is 39.1 Å². The van der Waals surface area contributed by atoms with Gasteiger partial charge >= 0.3 is 0 Å². The predicted molar refractivity (Wildman–Crippen MR) is 251 cm³/mol. The number of furan rings is 1. The van der Waals surface area contributed by atoms with E-state index in [9.17, 15) is 0 Å². The Bertz CT molecular complexity index is 3430. The van der Waals surface area contributed by atoms with E-state index in [1.807, 2.05) is 6.07 Å². The molecule has 0 unspecified atom stereocenters. The molecule has 0 saturated heterocycles. The van der Waals surface area contributed by atoms with Gasteiger partial charge in [-0.3, -0.25) is 0 Å². The standard InChI is InChI=1S/C57H40N2O/c1-57(2)50-21-11-9-18-44(50)47-34-35-48-45-33-32-43(36-52(45)59(55(48)54(47)57)42-30-26-40(27-31-42)38-16-7-4-8-17-38)58(41-28-24-39(25-29-41)37-14-5-3-6-15-37)51-22-13-20-49-46-19-10-12-23-53(46)60-56(49)51/h3-36H,1-2H3. The van der Waals surface area contributed by atoms with Crippen molar-refractivity contribution in [1.82, 2.24) is 4.57 Å². The van der Waals surface area contributed by atoms with E-state index in [4.69, 9.17) is 4.42 Å². The lowest BCUT2D eigenvalue weighted by molar-refractivity contribution is 0.664. The van der Waals surface area contributed by atoms with Crippen LogP contribution in [0.3, 0.4) is 0 Å². The lowest BCUT2D eigenvalue weighted by atomic mass is 9.81. The van der Waals surface area contributed by atoms with Crippen LogP contribution in [0.5, 0.6) is 0 Å². The first-order chi connectivity index (χ1) is 29.5. The molecule has 12 rings (SSSR count). The zero-order valence-electron chi connectivity index (χ0n) is 33.4. The summed E-state index contributed by atoms with van der Waals surface area (Å²) in [6.07, 6.45) is 0. The predicted octanol–water partition coefficient (Wildman–Crippen LogP) is 15.8. The quantitative estimate of drug-likeness (QED) is 0.168. The summed E-state index contributed by atoms with van der Waals surface area (Å²) < 4.78 is 9.26. The summed E-state index contributed by atoms with van der Waals surface area (Å²) in [4.78, 5) is 2.36. The van der Waals surface area contributed by atoms with E-state index in [0.717, 1.165) is 50.2 Å². The second-order valence-corrected chi connectivity index (χ2v) is 16.5. The Hall–Kier alpha value is -7.62. The molecule has 0 bridgehead atoms. The normalized spacial score (nSPS) is 13.0. The van der Waals surface area contributed by atoms with Gasteiger partial charge in [0.2, 0.25) is 0 Å². The molecule has 284 valence electrons. The van der Waals surface area contributed by atoms with E-state index in [1.165, 1.54) is 60.8 Å². The molecule has 3 heteroatoms. The minimum Gasteiger partial charge on any atom is -0.454 e. The Morgan fingerprint density at radius 1 is 0.450 bits per heavy atom. The first kappa shape index (κ1) is 34.4. The Labute approximate surface area is 349 Å². The highest BCUT2D eigenvalue weighted by atomic mass is 16.3. The highest BCUT2D eigenvalue weighted by Crippen LogP contribution is 2.53. The number of fused-ring (bicyclic) bond motifs is 10. The third kappa shape index (κ3) is 5.15. The first-order valence-electron chi connectivity index (χ1n) is 20.8. The molecule has 2 aromatic heterocycles. The Morgan fingerprint density at radius 2 is 1.05 bits per heavy atom. The summed E-state index contributed by atoms with van der Waals surface area (Å²) in [7, 11) is 0. The Balaban J connectivity index is 1.13. The van der Waals surface area contributed by atoms with Gasteiger partial charge in [0.15, 0.2) is 5.58 Å². The van der Waals surface area contributed by atoms with Crippen molar-refractivity contribution < 1.29 is 4.42 Å². The maximum Gasteiger partial charge on any atom is 0.159 e. The third-order valence-corrected chi connectivity index (χ3v) is 12.8. The second-order valence-electron chi connectivity index (χ2n) is 16.5. The Morgan fingerprint density at radius 3 is 1.80 bits per heavy atom. The van der Waals surface area contributed by atoms with Crippen LogP contribution in [0.15, 0.2) is 211 Å². The molecular formula is C57H40N2O. The zero-order valence-corrected chi connectivity index (χ0v) is 33.4. The number of hydrogen-bond acceptors (Lipinski definition) is 2. The van der Waals surface area contributed by atoms with E-state index >= 15 is 0 Å². The number of rotatable bonds is 6. The van der Waals surface area contributed by atoms with Gasteiger partial charge in [-0.2, -0.15) is 0 Å². The van der Waals surface area contributed by atoms with Crippen LogP contribution in [0.25, 0.3) is 82.8 Å². The number of hydrogen-bond donors (Lipinski definition) is 0. The van der Waals surface area contributed by atoms with Crippen LogP contribution < -0.4 is 4.90 Å². The fourth-order valence-corrected chi connectivity index (χ4v) is 9.96. The van der Waals surface area contributed by atoms with Gasteiger partial charge in [-0.1, -0.05) is 172 Å². The molecule has 0 atom stereocenters. The van der Waals surface area contributed by atoms with Gasteiger partial charge in [-0.05, 0) is 93.0 Å². The molecule has 0 amide bonds. The molecule has 0 fully saturated rings. The maximum atomic E-state index is 6.73. The van der Waals surface area contributed by atoms with Crippen molar-refractivity contribution in [1.29, 1.82) is 0 Å². The highest BCUT2D eigenvalue weighted by molar-refractivity contribution is 6.15. The van der Waals surface area contributed by atoms with Crippen LogP contribution in [0.4, 0.5) is 17.1 Å². The minimum atomic E-state index is -0.201. The second kappa shape index (κ2) is 13.2. The monoisotopic (exact) mass is 768 g/mol. The molecule has 1 aliphatic carbocycles. The van der Waals surface area contributed by atoms with Crippen molar-refractivity contribution in [2.75, 3.05) is 4.90 Å². The average molecular weight is 769 g/mol. The molecule has 1 aliphatic rings. The molecule has 11 aromatic rings. The number of benzene rings is 9. The van der Waals surface area contributed by atoms with Gasteiger partial charge in [0.1, 0.15) is 5.58 Å². The molecule has 2 heterocycles. The smallest absolute Gasteiger partial charge is 0.159 e. The number of aromatic nitrogens is 1. The highest BCUT2D eigenvalue weighted by Gasteiger charge is 2.38. The van der Waals surface area contributed by atoms with Crippen molar-refractivity contribution in [3.63, 3.8) is 0 Å². The van der Waals surface area contributed by atoms with E-state index < -0.39 is 0 Å². The molecular weight excluding hydrogens is 729 g/mol. The average Bonchev–Trinajstić information content (AvgIpc) is 3.93. The van der Waals surface area contributed by atoms with Crippen molar-refractivity contribution >= 4 is 60.8 Å². The largest absolute Gasteiger partial charge is 0.454 e. The molecule has 0 spiro atoms. The SMILES string of the molecule is CC1(C)c2ccccc2-c2ccc3c4ccc(N(c5ccc(-c6ccccc6)cc5)c5cccc6c5oc5ccccc56)cc4n(-c4ccc(-c5ccccc5)cc4)c3c21.